The smallest absolute Gasteiger partial charge is 0.408 e. The van der Waals surface area contributed by atoms with Crippen LogP contribution in [0.5, 0.6) is 11.5 Å². The fraction of sp³-hybridized carbons (Fsp3) is 0.591. The number of thiazole rings is 1. The van der Waals surface area contributed by atoms with Crippen LogP contribution in [0.3, 0.4) is 0 Å². The molecule has 20 heteroatoms. The number of pyridine rings is 1. The molecular formula is C44H62N8O10S2. The summed E-state index contributed by atoms with van der Waals surface area (Å²) in [6, 6.07) is 3.82. The number of benzene rings is 1. The standard InChI is InChI=1S/C44H62N8O10S2/c1-27(2)45-42-48-35(26-63-42)34-23-37(30-18-17-28(60-7)21-33(30)46-34)61-29-22-36-39(53)47-32(41(55)56)16-14-12-10-8-9-11-13-15-31(40(54)52(36)24-29)49-43(57)62-38(44(3,4)5)25-51-20-19-50(6)64(51,58)59/h10,12,17-18,21,23,26-27,29,31-32,36,38H,8-9,11,13-16,19-20,22,24-25H2,1-7H3,(H,45,48)(H,47,53)(H,49,57)(H,55,56)/t29-,31+,32+,36+,38-/m1/s1. The number of ether oxygens (including phenoxy) is 3. The number of aliphatic carboxylic acids is 1. The predicted molar refractivity (Wildman–Crippen MR) is 243 cm³/mol. The van der Waals surface area contributed by atoms with Crippen molar-refractivity contribution < 1.29 is 46.9 Å². The molecule has 2 saturated heterocycles. The van der Waals surface area contributed by atoms with Gasteiger partial charge in [0, 0.05) is 60.9 Å². The molecule has 2 aromatic heterocycles. The number of anilines is 1. The van der Waals surface area contributed by atoms with Crippen LogP contribution >= 0.6 is 11.3 Å². The number of alkyl carbamates (subject to hydrolysis) is 1. The molecule has 1 aromatic carbocycles. The third-order valence-electron chi connectivity index (χ3n) is 11.6. The van der Waals surface area contributed by atoms with Gasteiger partial charge in [-0.25, -0.2) is 19.6 Å². The largest absolute Gasteiger partial charge is 0.497 e. The van der Waals surface area contributed by atoms with Crippen molar-refractivity contribution in [2.45, 2.75) is 122 Å². The van der Waals surface area contributed by atoms with Crippen LogP contribution in [0.25, 0.3) is 22.3 Å². The summed E-state index contributed by atoms with van der Waals surface area (Å²) in [7, 11) is -0.669. The molecule has 350 valence electrons. The highest BCUT2D eigenvalue weighted by Crippen LogP contribution is 2.36. The lowest BCUT2D eigenvalue weighted by Crippen LogP contribution is -2.56. The number of allylic oxidation sites excluding steroid dienone is 2. The lowest BCUT2D eigenvalue weighted by molar-refractivity contribution is -0.144. The van der Waals surface area contributed by atoms with Crippen molar-refractivity contribution in [3.8, 4) is 22.9 Å². The van der Waals surface area contributed by atoms with Crippen LogP contribution in [0.15, 0.2) is 41.8 Å². The fourth-order valence-electron chi connectivity index (χ4n) is 7.90. The maximum Gasteiger partial charge on any atom is 0.408 e. The normalized spacial score (nSPS) is 23.4. The van der Waals surface area contributed by atoms with E-state index in [2.05, 4.69) is 16.0 Å². The molecule has 3 aliphatic heterocycles. The molecule has 3 aromatic rings. The molecule has 0 aliphatic carbocycles. The topological polar surface area (TPSA) is 222 Å². The average Bonchev–Trinajstić information content (AvgIpc) is 3.94. The van der Waals surface area contributed by atoms with Crippen LogP contribution in [0, 0.1) is 5.41 Å². The molecule has 6 rings (SSSR count). The second-order valence-corrected chi connectivity index (χ2v) is 20.8. The molecule has 5 heterocycles. The van der Waals surface area contributed by atoms with Gasteiger partial charge in [-0.1, -0.05) is 45.8 Å². The Morgan fingerprint density at radius 1 is 1.03 bits per heavy atom. The van der Waals surface area contributed by atoms with Crippen LogP contribution in [-0.2, 0) is 29.3 Å². The van der Waals surface area contributed by atoms with Gasteiger partial charge in [-0.2, -0.15) is 17.0 Å². The van der Waals surface area contributed by atoms with E-state index in [0.717, 1.165) is 24.4 Å². The predicted octanol–water partition coefficient (Wildman–Crippen LogP) is 5.41. The first-order valence-electron chi connectivity index (χ1n) is 21.9. The van der Waals surface area contributed by atoms with Crippen molar-refractivity contribution in [1.29, 1.82) is 0 Å². The summed E-state index contributed by atoms with van der Waals surface area (Å²) < 4.78 is 46.6. The Morgan fingerprint density at radius 3 is 2.48 bits per heavy atom. The minimum atomic E-state index is -3.73. The Morgan fingerprint density at radius 2 is 1.80 bits per heavy atom. The Hall–Kier alpha value is -5.05. The van der Waals surface area contributed by atoms with Gasteiger partial charge in [-0.3, -0.25) is 9.59 Å². The van der Waals surface area contributed by atoms with E-state index in [4.69, 9.17) is 24.2 Å². The van der Waals surface area contributed by atoms with E-state index in [9.17, 15) is 32.7 Å². The van der Waals surface area contributed by atoms with Gasteiger partial charge in [0.1, 0.15) is 47.5 Å². The van der Waals surface area contributed by atoms with Crippen LogP contribution in [0.1, 0.15) is 86.0 Å². The van der Waals surface area contributed by atoms with Crippen molar-refractivity contribution >= 4 is 61.5 Å². The Kier molecular flexibility index (Phi) is 15.8. The van der Waals surface area contributed by atoms with E-state index < -0.39 is 69.8 Å². The maximum atomic E-state index is 14.9. The number of aromatic nitrogens is 2. The summed E-state index contributed by atoms with van der Waals surface area (Å²) in [5, 5.41) is 22.2. The number of carbonyl (C=O) groups excluding carboxylic acids is 3. The number of rotatable bonds is 11. The zero-order chi connectivity index (χ0) is 46.3. The zero-order valence-electron chi connectivity index (χ0n) is 37.7. The highest BCUT2D eigenvalue weighted by molar-refractivity contribution is 7.87. The Bertz CT molecular complexity index is 2300. The highest BCUT2D eigenvalue weighted by atomic mass is 32.2. The number of hydrogen-bond acceptors (Lipinski definition) is 13. The molecule has 2 fully saturated rings. The monoisotopic (exact) mass is 926 g/mol. The van der Waals surface area contributed by atoms with Crippen molar-refractivity contribution in [2.24, 2.45) is 5.41 Å². The lowest BCUT2D eigenvalue weighted by atomic mass is 9.89. The van der Waals surface area contributed by atoms with Crippen molar-refractivity contribution in [2.75, 3.05) is 45.7 Å². The van der Waals surface area contributed by atoms with E-state index in [1.54, 1.807) is 25.3 Å². The fourth-order valence-corrected chi connectivity index (χ4v) is 10.1. The van der Waals surface area contributed by atoms with Crippen molar-refractivity contribution in [3.63, 3.8) is 0 Å². The molecular weight excluding hydrogens is 865 g/mol. The number of carboxylic acids is 1. The zero-order valence-corrected chi connectivity index (χ0v) is 39.3. The summed E-state index contributed by atoms with van der Waals surface area (Å²) in [6.07, 6.45) is 5.04. The average molecular weight is 927 g/mol. The van der Waals surface area contributed by atoms with Crippen molar-refractivity contribution in [1.82, 2.24) is 34.1 Å². The second kappa shape index (κ2) is 20.8. The van der Waals surface area contributed by atoms with Gasteiger partial charge in [0.25, 0.3) is 10.2 Å². The second-order valence-electron chi connectivity index (χ2n) is 17.9. The first-order chi connectivity index (χ1) is 30.3. The first kappa shape index (κ1) is 48.4. The SMILES string of the molecule is COc1ccc2c(O[C@@H]3C[C@H]4C(=O)N[C@H](C(=O)O)CCC=CCCCCC[C@H](NC(=O)O[C@H](CN5CCN(C)S5(=O)=O)C(C)(C)C)C(=O)N4C3)cc(-c3csc(NC(C)C)n3)nc2c1. The number of nitrogens with zero attached hydrogens (tertiary/aromatic N) is 5. The minimum Gasteiger partial charge on any atom is -0.497 e. The van der Waals surface area contributed by atoms with Gasteiger partial charge in [0.05, 0.1) is 31.4 Å². The number of likely N-dealkylation sites (N-methyl/N-ethyl adjacent to an activating group) is 1. The number of carbonyl (C=O) groups is 4. The molecule has 3 aliphatic rings. The van der Waals surface area contributed by atoms with Gasteiger partial charge in [0.2, 0.25) is 11.8 Å². The molecule has 0 bridgehead atoms. The Balaban J connectivity index is 1.31. The minimum absolute atomic E-state index is 0.0142. The summed E-state index contributed by atoms with van der Waals surface area (Å²) in [4.78, 5) is 66.3. The van der Waals surface area contributed by atoms with Gasteiger partial charge in [-0.15, -0.1) is 11.3 Å². The van der Waals surface area contributed by atoms with Gasteiger partial charge in [0.15, 0.2) is 5.13 Å². The molecule has 64 heavy (non-hydrogen) atoms. The van der Waals surface area contributed by atoms with E-state index in [1.807, 2.05) is 58.2 Å². The number of hydrogen-bond donors (Lipinski definition) is 4. The molecule has 5 atom stereocenters. The summed E-state index contributed by atoms with van der Waals surface area (Å²) >= 11 is 1.44. The third kappa shape index (κ3) is 12.0. The van der Waals surface area contributed by atoms with E-state index in [-0.39, 0.29) is 44.9 Å². The van der Waals surface area contributed by atoms with E-state index >= 15 is 0 Å². The number of methoxy groups -OCH3 is 1. The van der Waals surface area contributed by atoms with Gasteiger partial charge >= 0.3 is 12.1 Å². The summed E-state index contributed by atoms with van der Waals surface area (Å²) in [5.41, 5.74) is 1.04. The number of carboxylic acid groups (broad SMARTS) is 1. The number of amides is 3. The molecule has 0 spiro atoms. The first-order valence-corrected chi connectivity index (χ1v) is 24.2. The maximum absolute atomic E-state index is 14.9. The van der Waals surface area contributed by atoms with Crippen molar-refractivity contribution in [3.05, 3.63) is 41.8 Å². The molecule has 3 amide bonds. The van der Waals surface area contributed by atoms with Crippen LogP contribution in [-0.4, -0.2) is 138 Å². The molecule has 4 N–H and O–H groups in total. The summed E-state index contributed by atoms with van der Waals surface area (Å²) in [6.45, 7) is 9.95. The summed E-state index contributed by atoms with van der Waals surface area (Å²) in [5.74, 6) is -1.41. The lowest BCUT2D eigenvalue weighted by Gasteiger charge is -2.34. The quantitative estimate of drug-likeness (QED) is 0.177. The third-order valence-corrected chi connectivity index (χ3v) is 14.4. The Labute approximate surface area is 379 Å². The van der Waals surface area contributed by atoms with Gasteiger partial charge in [-0.05, 0) is 58.1 Å². The molecule has 0 saturated carbocycles. The molecule has 0 unspecified atom stereocenters. The van der Waals surface area contributed by atoms with Crippen LogP contribution in [0.2, 0.25) is 0 Å². The molecule has 18 nitrogen and oxygen atoms in total. The highest BCUT2D eigenvalue weighted by Gasteiger charge is 2.45. The number of fused-ring (bicyclic) bond motifs is 2. The van der Waals surface area contributed by atoms with E-state index in [0.29, 0.717) is 53.2 Å². The van der Waals surface area contributed by atoms with Gasteiger partial charge < -0.3 is 40.2 Å². The molecule has 0 radical (unpaired) electrons. The van der Waals surface area contributed by atoms with Crippen LogP contribution in [0.4, 0.5) is 9.93 Å². The number of nitrogens with one attached hydrogen (secondary N) is 3. The van der Waals surface area contributed by atoms with E-state index in [1.165, 1.54) is 31.9 Å². The van der Waals surface area contributed by atoms with Crippen LogP contribution < -0.4 is 25.4 Å².